The Hall–Kier alpha value is -3.54. The Kier molecular flexibility index (Phi) is 5.03. The number of nitrogens with zero attached hydrogens (tertiary/aromatic N) is 2. The average Bonchev–Trinajstić information content (AvgIpc) is 2.64. The molecule has 1 heterocycles. The standard InChI is InChI=1S/C20H18N4O2/c1-13-6-8-16(9-7-13)23-19-11-18(21-12-22-19)20(26)24-17-5-3-4-15(10-17)14(2)25/h3-12H,1-2H3,(H,24,26)(H,21,22,23). The number of benzene rings is 2. The molecular formula is C20H18N4O2. The van der Waals surface area contributed by atoms with Crippen LogP contribution in [0.25, 0.3) is 0 Å². The summed E-state index contributed by atoms with van der Waals surface area (Å²) in [4.78, 5) is 32.0. The third-order valence-electron chi connectivity index (χ3n) is 3.75. The molecule has 6 nitrogen and oxygen atoms in total. The Bertz CT molecular complexity index is 952. The van der Waals surface area contributed by atoms with Crippen molar-refractivity contribution in [3.8, 4) is 0 Å². The predicted molar refractivity (Wildman–Crippen MR) is 101 cm³/mol. The molecule has 0 saturated heterocycles. The molecule has 0 radical (unpaired) electrons. The van der Waals surface area contributed by atoms with E-state index in [9.17, 15) is 9.59 Å². The Morgan fingerprint density at radius 3 is 2.42 bits per heavy atom. The van der Waals surface area contributed by atoms with E-state index in [1.165, 1.54) is 13.3 Å². The highest BCUT2D eigenvalue weighted by Crippen LogP contribution is 2.16. The zero-order valence-corrected chi connectivity index (χ0v) is 14.5. The third kappa shape index (κ3) is 4.30. The molecule has 0 saturated carbocycles. The van der Waals surface area contributed by atoms with Crippen LogP contribution in [0.3, 0.4) is 0 Å². The number of carbonyl (C=O) groups is 2. The van der Waals surface area contributed by atoms with Crippen molar-refractivity contribution in [3.05, 3.63) is 77.7 Å². The van der Waals surface area contributed by atoms with Crippen molar-refractivity contribution in [2.24, 2.45) is 0 Å². The molecule has 2 N–H and O–H groups in total. The van der Waals surface area contributed by atoms with Crippen LogP contribution in [-0.2, 0) is 0 Å². The molecule has 6 heteroatoms. The lowest BCUT2D eigenvalue weighted by atomic mass is 10.1. The first-order valence-electron chi connectivity index (χ1n) is 8.09. The van der Waals surface area contributed by atoms with Crippen molar-refractivity contribution in [2.45, 2.75) is 13.8 Å². The fourth-order valence-corrected chi connectivity index (χ4v) is 2.35. The van der Waals surface area contributed by atoms with E-state index in [1.54, 1.807) is 30.3 Å². The lowest BCUT2D eigenvalue weighted by Gasteiger charge is -2.08. The highest BCUT2D eigenvalue weighted by molar-refractivity contribution is 6.04. The SMILES string of the molecule is CC(=O)c1cccc(NC(=O)c2cc(Nc3ccc(C)cc3)ncn2)c1. The van der Waals surface area contributed by atoms with Gasteiger partial charge in [0.2, 0.25) is 0 Å². The molecule has 0 aliphatic heterocycles. The summed E-state index contributed by atoms with van der Waals surface area (Å²) in [6.07, 6.45) is 1.33. The predicted octanol–water partition coefficient (Wildman–Crippen LogP) is 3.98. The Morgan fingerprint density at radius 1 is 0.923 bits per heavy atom. The fourth-order valence-electron chi connectivity index (χ4n) is 2.35. The van der Waals surface area contributed by atoms with Gasteiger partial charge in [-0.25, -0.2) is 9.97 Å². The number of aryl methyl sites for hydroxylation is 1. The Labute approximate surface area is 151 Å². The molecule has 0 unspecified atom stereocenters. The van der Waals surface area contributed by atoms with Gasteiger partial charge in [-0.2, -0.15) is 0 Å². The van der Waals surface area contributed by atoms with Gasteiger partial charge in [-0.3, -0.25) is 9.59 Å². The number of amides is 1. The lowest BCUT2D eigenvalue weighted by molar-refractivity contribution is 0.100. The Balaban J connectivity index is 1.74. The molecule has 1 amide bonds. The molecule has 26 heavy (non-hydrogen) atoms. The number of hydrogen-bond donors (Lipinski definition) is 2. The van der Waals surface area contributed by atoms with Crippen molar-refractivity contribution in [3.63, 3.8) is 0 Å². The van der Waals surface area contributed by atoms with E-state index in [-0.39, 0.29) is 17.4 Å². The molecule has 2 aromatic carbocycles. The van der Waals surface area contributed by atoms with E-state index in [4.69, 9.17) is 0 Å². The normalized spacial score (nSPS) is 10.2. The molecule has 0 fully saturated rings. The van der Waals surface area contributed by atoms with E-state index in [2.05, 4.69) is 20.6 Å². The number of hydrogen-bond acceptors (Lipinski definition) is 5. The zero-order valence-electron chi connectivity index (χ0n) is 14.5. The van der Waals surface area contributed by atoms with E-state index < -0.39 is 0 Å². The van der Waals surface area contributed by atoms with E-state index in [1.807, 2.05) is 31.2 Å². The van der Waals surface area contributed by atoms with Crippen LogP contribution in [0.5, 0.6) is 0 Å². The van der Waals surface area contributed by atoms with Gasteiger partial charge in [0.25, 0.3) is 5.91 Å². The lowest BCUT2D eigenvalue weighted by Crippen LogP contribution is -2.14. The van der Waals surface area contributed by atoms with Crippen LogP contribution < -0.4 is 10.6 Å². The molecule has 0 atom stereocenters. The first-order chi connectivity index (χ1) is 12.5. The second-order valence-corrected chi connectivity index (χ2v) is 5.87. The summed E-state index contributed by atoms with van der Waals surface area (Å²) in [5.74, 6) is 0.0827. The summed E-state index contributed by atoms with van der Waals surface area (Å²) in [6, 6.07) is 16.2. The van der Waals surface area contributed by atoms with Gasteiger partial charge in [0.1, 0.15) is 17.8 Å². The monoisotopic (exact) mass is 346 g/mol. The molecule has 3 rings (SSSR count). The van der Waals surface area contributed by atoms with Gasteiger partial charge in [-0.1, -0.05) is 29.8 Å². The van der Waals surface area contributed by atoms with Crippen LogP contribution in [0.15, 0.2) is 60.9 Å². The van der Waals surface area contributed by atoms with E-state index >= 15 is 0 Å². The molecule has 1 aromatic heterocycles. The molecule has 0 bridgehead atoms. The average molecular weight is 346 g/mol. The minimum Gasteiger partial charge on any atom is -0.340 e. The molecule has 0 aliphatic rings. The third-order valence-corrected chi connectivity index (χ3v) is 3.75. The van der Waals surface area contributed by atoms with Gasteiger partial charge in [0.15, 0.2) is 5.78 Å². The number of ketones is 1. The number of nitrogens with one attached hydrogen (secondary N) is 2. The maximum absolute atomic E-state index is 12.4. The number of rotatable bonds is 5. The number of carbonyl (C=O) groups excluding carboxylic acids is 2. The zero-order chi connectivity index (χ0) is 18.5. The first-order valence-corrected chi connectivity index (χ1v) is 8.09. The van der Waals surface area contributed by atoms with Crippen molar-refractivity contribution < 1.29 is 9.59 Å². The van der Waals surface area contributed by atoms with Gasteiger partial charge < -0.3 is 10.6 Å². The summed E-state index contributed by atoms with van der Waals surface area (Å²) >= 11 is 0. The summed E-state index contributed by atoms with van der Waals surface area (Å²) in [5, 5.41) is 5.88. The van der Waals surface area contributed by atoms with Crippen LogP contribution >= 0.6 is 0 Å². The van der Waals surface area contributed by atoms with Gasteiger partial charge >= 0.3 is 0 Å². The summed E-state index contributed by atoms with van der Waals surface area (Å²) in [7, 11) is 0. The number of anilines is 3. The molecule has 0 aliphatic carbocycles. The maximum Gasteiger partial charge on any atom is 0.274 e. The van der Waals surface area contributed by atoms with E-state index in [0.29, 0.717) is 17.1 Å². The minimum atomic E-state index is -0.375. The molecular weight excluding hydrogens is 328 g/mol. The van der Waals surface area contributed by atoms with Gasteiger partial charge in [0, 0.05) is 23.0 Å². The summed E-state index contributed by atoms with van der Waals surface area (Å²) in [5.41, 5.74) is 3.32. The highest BCUT2D eigenvalue weighted by atomic mass is 16.2. The smallest absolute Gasteiger partial charge is 0.274 e. The fraction of sp³-hybridized carbons (Fsp3) is 0.100. The molecule has 130 valence electrons. The largest absolute Gasteiger partial charge is 0.340 e. The van der Waals surface area contributed by atoms with Gasteiger partial charge in [0.05, 0.1) is 0 Å². The van der Waals surface area contributed by atoms with Crippen molar-refractivity contribution in [2.75, 3.05) is 10.6 Å². The molecule has 3 aromatic rings. The minimum absolute atomic E-state index is 0.0623. The first kappa shape index (κ1) is 17.3. The number of Topliss-reactive ketones (excluding diaryl/α,β-unsaturated/α-hetero) is 1. The molecule has 0 spiro atoms. The van der Waals surface area contributed by atoms with Crippen molar-refractivity contribution in [1.29, 1.82) is 0 Å². The van der Waals surface area contributed by atoms with Crippen LogP contribution in [0, 0.1) is 6.92 Å². The van der Waals surface area contributed by atoms with Crippen LogP contribution in [0.1, 0.15) is 33.3 Å². The van der Waals surface area contributed by atoms with Gasteiger partial charge in [-0.15, -0.1) is 0 Å². The van der Waals surface area contributed by atoms with Crippen LogP contribution in [-0.4, -0.2) is 21.7 Å². The summed E-state index contributed by atoms with van der Waals surface area (Å²) in [6.45, 7) is 3.49. The Morgan fingerprint density at radius 2 is 1.69 bits per heavy atom. The quantitative estimate of drug-likeness (QED) is 0.683. The topological polar surface area (TPSA) is 84.0 Å². The van der Waals surface area contributed by atoms with Crippen molar-refractivity contribution in [1.82, 2.24) is 9.97 Å². The summed E-state index contributed by atoms with van der Waals surface area (Å²) < 4.78 is 0. The number of aromatic nitrogens is 2. The van der Waals surface area contributed by atoms with Crippen LogP contribution in [0.2, 0.25) is 0 Å². The second-order valence-electron chi connectivity index (χ2n) is 5.87. The maximum atomic E-state index is 12.4. The van der Waals surface area contributed by atoms with Gasteiger partial charge in [-0.05, 0) is 38.1 Å². The van der Waals surface area contributed by atoms with E-state index in [0.717, 1.165) is 11.3 Å². The van der Waals surface area contributed by atoms with Crippen LogP contribution in [0.4, 0.5) is 17.2 Å². The second kappa shape index (κ2) is 7.57. The van der Waals surface area contributed by atoms with Crippen molar-refractivity contribution >= 4 is 28.9 Å². The highest BCUT2D eigenvalue weighted by Gasteiger charge is 2.10.